The number of ketones is 1. The van der Waals surface area contributed by atoms with Crippen LogP contribution >= 0.6 is 0 Å². The van der Waals surface area contributed by atoms with E-state index in [2.05, 4.69) is 4.98 Å². The summed E-state index contributed by atoms with van der Waals surface area (Å²) in [7, 11) is 0. The fourth-order valence-corrected chi connectivity index (χ4v) is 1.60. The summed E-state index contributed by atoms with van der Waals surface area (Å²) < 4.78 is 0. The van der Waals surface area contributed by atoms with Crippen LogP contribution in [0.2, 0.25) is 0 Å². The van der Waals surface area contributed by atoms with E-state index in [9.17, 15) is 4.79 Å². The zero-order valence-electron chi connectivity index (χ0n) is 8.31. The first-order chi connectivity index (χ1) is 7.33. The molecule has 0 radical (unpaired) electrons. The largest absolute Gasteiger partial charge is 0.330 e. The number of carbonyl (C=O) groups is 1. The van der Waals surface area contributed by atoms with E-state index in [1.54, 1.807) is 12.3 Å². The number of carbonyl (C=O) groups excluding carboxylic acids is 1. The van der Waals surface area contributed by atoms with Crippen molar-refractivity contribution < 1.29 is 4.79 Å². The third-order valence-electron chi connectivity index (χ3n) is 2.32. The zero-order chi connectivity index (χ0) is 10.7. The van der Waals surface area contributed by atoms with Crippen LogP contribution in [0.4, 0.5) is 0 Å². The summed E-state index contributed by atoms with van der Waals surface area (Å²) in [5, 5.41) is 0.901. The fourth-order valence-electron chi connectivity index (χ4n) is 1.60. The number of aromatic nitrogens is 1. The van der Waals surface area contributed by atoms with Gasteiger partial charge in [0.1, 0.15) is 0 Å². The van der Waals surface area contributed by atoms with Gasteiger partial charge in [-0.1, -0.05) is 18.2 Å². The van der Waals surface area contributed by atoms with Crippen LogP contribution in [0.3, 0.4) is 0 Å². The minimum atomic E-state index is 0.0797. The maximum atomic E-state index is 11.8. The van der Waals surface area contributed by atoms with Crippen molar-refractivity contribution in [1.29, 1.82) is 0 Å². The fraction of sp³-hybridized carbons (Fsp3) is 0.167. The molecule has 0 spiro atoms. The molecule has 1 aromatic carbocycles. The van der Waals surface area contributed by atoms with Crippen molar-refractivity contribution >= 4 is 16.7 Å². The van der Waals surface area contributed by atoms with Gasteiger partial charge in [0.25, 0.3) is 0 Å². The summed E-state index contributed by atoms with van der Waals surface area (Å²) in [6.07, 6.45) is 2.04. The molecule has 0 unspecified atom stereocenters. The van der Waals surface area contributed by atoms with Crippen LogP contribution in [-0.4, -0.2) is 17.3 Å². The Morgan fingerprint density at radius 2 is 2.07 bits per heavy atom. The highest BCUT2D eigenvalue weighted by atomic mass is 16.1. The van der Waals surface area contributed by atoms with Crippen LogP contribution in [0, 0.1) is 0 Å². The number of Topliss-reactive ketones (excluding diaryl/α,β-unsaturated/α-hetero) is 1. The molecule has 15 heavy (non-hydrogen) atoms. The molecule has 76 valence electrons. The summed E-state index contributed by atoms with van der Waals surface area (Å²) in [5.41, 5.74) is 6.94. The van der Waals surface area contributed by atoms with Gasteiger partial charge in [0.15, 0.2) is 5.78 Å². The van der Waals surface area contributed by atoms with Gasteiger partial charge >= 0.3 is 0 Å². The molecule has 0 aliphatic rings. The highest BCUT2D eigenvalue weighted by Crippen LogP contribution is 2.17. The number of benzene rings is 1. The van der Waals surface area contributed by atoms with Crippen molar-refractivity contribution in [3.63, 3.8) is 0 Å². The third-order valence-corrected chi connectivity index (χ3v) is 2.32. The SMILES string of the molecule is NCCC(=O)c1ccnc2ccccc12. The smallest absolute Gasteiger partial charge is 0.164 e. The molecule has 3 nitrogen and oxygen atoms in total. The van der Waals surface area contributed by atoms with Gasteiger partial charge in [0.2, 0.25) is 0 Å². The standard InChI is InChI=1S/C12H12N2O/c13-7-5-12(15)10-6-8-14-11-4-2-1-3-9(10)11/h1-4,6,8H,5,7,13H2. The molecule has 0 bridgehead atoms. The topological polar surface area (TPSA) is 56.0 Å². The monoisotopic (exact) mass is 200 g/mol. The van der Waals surface area contributed by atoms with Crippen molar-refractivity contribution in [3.8, 4) is 0 Å². The van der Waals surface area contributed by atoms with Crippen LogP contribution in [0.15, 0.2) is 36.5 Å². The second-order valence-corrected chi connectivity index (χ2v) is 3.34. The van der Waals surface area contributed by atoms with Crippen molar-refractivity contribution in [2.75, 3.05) is 6.54 Å². The molecular formula is C12H12N2O. The van der Waals surface area contributed by atoms with Crippen LogP contribution in [-0.2, 0) is 0 Å². The Hall–Kier alpha value is -1.74. The van der Waals surface area contributed by atoms with E-state index in [0.29, 0.717) is 18.5 Å². The number of hydrogen-bond acceptors (Lipinski definition) is 3. The minimum absolute atomic E-state index is 0.0797. The maximum absolute atomic E-state index is 11.8. The second kappa shape index (κ2) is 4.19. The van der Waals surface area contributed by atoms with E-state index < -0.39 is 0 Å². The van der Waals surface area contributed by atoms with Gasteiger partial charge in [-0.05, 0) is 18.7 Å². The van der Waals surface area contributed by atoms with Gasteiger partial charge in [-0.3, -0.25) is 9.78 Å². The molecule has 1 aromatic heterocycles. The predicted molar refractivity (Wildman–Crippen MR) is 59.7 cm³/mol. The van der Waals surface area contributed by atoms with E-state index >= 15 is 0 Å². The Kier molecular flexibility index (Phi) is 2.74. The predicted octanol–water partition coefficient (Wildman–Crippen LogP) is 1.77. The van der Waals surface area contributed by atoms with Crippen molar-refractivity contribution in [2.45, 2.75) is 6.42 Å². The number of hydrogen-bond donors (Lipinski definition) is 1. The first kappa shape index (κ1) is 9.80. The molecule has 0 aliphatic carbocycles. The Balaban J connectivity index is 2.56. The van der Waals surface area contributed by atoms with E-state index in [-0.39, 0.29) is 5.78 Å². The molecule has 0 aliphatic heterocycles. The van der Waals surface area contributed by atoms with Gasteiger partial charge < -0.3 is 5.73 Å². The second-order valence-electron chi connectivity index (χ2n) is 3.34. The third kappa shape index (κ3) is 1.87. The lowest BCUT2D eigenvalue weighted by Crippen LogP contribution is -2.08. The van der Waals surface area contributed by atoms with E-state index in [0.717, 1.165) is 10.9 Å². The summed E-state index contributed by atoms with van der Waals surface area (Å²) in [6.45, 7) is 0.384. The number of nitrogens with two attached hydrogens (primary N) is 1. The summed E-state index contributed by atoms with van der Waals surface area (Å²) in [4.78, 5) is 16.0. The molecule has 3 heteroatoms. The zero-order valence-corrected chi connectivity index (χ0v) is 8.31. The lowest BCUT2D eigenvalue weighted by Gasteiger charge is -2.03. The van der Waals surface area contributed by atoms with Crippen molar-refractivity contribution in [1.82, 2.24) is 4.98 Å². The highest BCUT2D eigenvalue weighted by Gasteiger charge is 2.08. The van der Waals surface area contributed by atoms with E-state index in [1.807, 2.05) is 24.3 Å². The molecule has 2 N–H and O–H groups in total. The van der Waals surface area contributed by atoms with Crippen LogP contribution in [0.5, 0.6) is 0 Å². The summed E-state index contributed by atoms with van der Waals surface area (Å²) in [5.74, 6) is 0.0797. The Bertz CT molecular complexity index is 488. The lowest BCUT2D eigenvalue weighted by atomic mass is 10.0. The number of nitrogens with zero attached hydrogens (tertiary/aromatic N) is 1. The van der Waals surface area contributed by atoms with Crippen molar-refractivity contribution in [2.24, 2.45) is 5.73 Å². The molecule has 0 amide bonds. The average Bonchev–Trinajstić information content (AvgIpc) is 2.28. The van der Waals surface area contributed by atoms with Gasteiger partial charge in [0.05, 0.1) is 5.52 Å². The quantitative estimate of drug-likeness (QED) is 0.768. The number of pyridine rings is 1. The molecule has 0 atom stereocenters. The number of rotatable bonds is 3. The molecule has 0 saturated heterocycles. The first-order valence-electron chi connectivity index (χ1n) is 4.90. The Morgan fingerprint density at radius 3 is 2.87 bits per heavy atom. The number of para-hydroxylation sites is 1. The van der Waals surface area contributed by atoms with Crippen LogP contribution in [0.25, 0.3) is 10.9 Å². The lowest BCUT2D eigenvalue weighted by molar-refractivity contribution is 0.0987. The molecule has 2 rings (SSSR count). The van der Waals surface area contributed by atoms with Crippen LogP contribution < -0.4 is 5.73 Å². The molecule has 2 aromatic rings. The van der Waals surface area contributed by atoms with Crippen LogP contribution in [0.1, 0.15) is 16.8 Å². The highest BCUT2D eigenvalue weighted by molar-refractivity contribution is 6.07. The first-order valence-corrected chi connectivity index (χ1v) is 4.90. The molecule has 0 fully saturated rings. The Labute approximate surface area is 87.9 Å². The van der Waals surface area contributed by atoms with E-state index in [4.69, 9.17) is 5.73 Å². The van der Waals surface area contributed by atoms with Gasteiger partial charge in [-0.25, -0.2) is 0 Å². The minimum Gasteiger partial charge on any atom is -0.330 e. The molecule has 1 heterocycles. The average molecular weight is 200 g/mol. The van der Waals surface area contributed by atoms with Gasteiger partial charge in [0, 0.05) is 23.6 Å². The maximum Gasteiger partial charge on any atom is 0.164 e. The van der Waals surface area contributed by atoms with E-state index in [1.165, 1.54) is 0 Å². The summed E-state index contributed by atoms with van der Waals surface area (Å²) >= 11 is 0. The summed E-state index contributed by atoms with van der Waals surface area (Å²) in [6, 6.07) is 9.37. The molecule has 0 saturated carbocycles. The Morgan fingerprint density at radius 1 is 1.27 bits per heavy atom. The number of fused-ring (bicyclic) bond motifs is 1. The van der Waals surface area contributed by atoms with Crippen molar-refractivity contribution in [3.05, 3.63) is 42.1 Å². The molecular weight excluding hydrogens is 188 g/mol. The van der Waals surface area contributed by atoms with Gasteiger partial charge in [-0.15, -0.1) is 0 Å². The van der Waals surface area contributed by atoms with Gasteiger partial charge in [-0.2, -0.15) is 0 Å². The normalized spacial score (nSPS) is 10.5.